The lowest BCUT2D eigenvalue weighted by Crippen LogP contribution is -2.26. The number of rotatable bonds is 7. The molecule has 0 bridgehead atoms. The number of carbonyl (C=O) groups excluding carboxylic acids is 1. The van der Waals surface area contributed by atoms with Gasteiger partial charge in [-0.25, -0.2) is 4.39 Å². The molecule has 0 aromatic heterocycles. The number of halogens is 1. The third kappa shape index (κ3) is 4.87. The lowest BCUT2D eigenvalue weighted by molar-refractivity contribution is -0.130. The minimum Gasteiger partial charge on any atom is -0.494 e. The number of benzene rings is 1. The van der Waals surface area contributed by atoms with Crippen LogP contribution in [-0.2, 0) is 11.3 Å². The Bertz CT molecular complexity index is 424. The first-order valence-corrected chi connectivity index (χ1v) is 6.29. The highest BCUT2D eigenvalue weighted by atomic mass is 19.1. The van der Waals surface area contributed by atoms with Gasteiger partial charge in [0.25, 0.3) is 0 Å². The van der Waals surface area contributed by atoms with Gasteiger partial charge in [-0.1, -0.05) is 6.07 Å². The number of methoxy groups -OCH3 is 1. The summed E-state index contributed by atoms with van der Waals surface area (Å²) < 4.78 is 18.4. The second kappa shape index (κ2) is 7.74. The van der Waals surface area contributed by atoms with Crippen molar-refractivity contribution in [2.24, 2.45) is 0 Å². The van der Waals surface area contributed by atoms with Crippen molar-refractivity contribution in [3.63, 3.8) is 0 Å². The normalized spacial score (nSPS) is 10.3. The summed E-state index contributed by atoms with van der Waals surface area (Å²) in [4.78, 5) is 13.4. The molecule has 1 aromatic carbocycles. The summed E-state index contributed by atoms with van der Waals surface area (Å²) in [6.07, 6.45) is 1.30. The molecule has 0 aliphatic carbocycles. The van der Waals surface area contributed by atoms with E-state index in [-0.39, 0.29) is 11.7 Å². The van der Waals surface area contributed by atoms with E-state index in [1.165, 1.54) is 13.2 Å². The van der Waals surface area contributed by atoms with Crippen LogP contribution in [0.15, 0.2) is 18.2 Å². The van der Waals surface area contributed by atoms with Gasteiger partial charge in [0.15, 0.2) is 11.6 Å². The van der Waals surface area contributed by atoms with E-state index in [0.717, 1.165) is 18.5 Å². The number of nitrogens with one attached hydrogen (secondary N) is 1. The molecule has 1 aromatic rings. The summed E-state index contributed by atoms with van der Waals surface area (Å²) >= 11 is 0. The van der Waals surface area contributed by atoms with E-state index in [9.17, 15) is 9.18 Å². The SMILES string of the molecule is CNCCCC(=O)N(C)Cc1ccc(OC)c(F)c1. The van der Waals surface area contributed by atoms with Gasteiger partial charge in [-0.2, -0.15) is 0 Å². The van der Waals surface area contributed by atoms with Gasteiger partial charge in [-0.15, -0.1) is 0 Å². The van der Waals surface area contributed by atoms with Crippen LogP contribution in [0.25, 0.3) is 0 Å². The molecule has 19 heavy (non-hydrogen) atoms. The van der Waals surface area contributed by atoms with E-state index in [1.54, 1.807) is 24.1 Å². The van der Waals surface area contributed by atoms with Crippen molar-refractivity contribution in [2.75, 3.05) is 27.7 Å². The van der Waals surface area contributed by atoms with Gasteiger partial charge in [0.05, 0.1) is 7.11 Å². The zero-order valence-electron chi connectivity index (χ0n) is 11.7. The highest BCUT2D eigenvalue weighted by Gasteiger charge is 2.10. The van der Waals surface area contributed by atoms with Crippen molar-refractivity contribution >= 4 is 5.91 Å². The van der Waals surface area contributed by atoms with Crippen LogP contribution in [0, 0.1) is 5.82 Å². The molecule has 5 heteroatoms. The lowest BCUT2D eigenvalue weighted by atomic mass is 10.2. The van der Waals surface area contributed by atoms with Gasteiger partial charge in [0, 0.05) is 20.0 Å². The van der Waals surface area contributed by atoms with Gasteiger partial charge in [-0.3, -0.25) is 4.79 Å². The molecule has 0 saturated carbocycles. The summed E-state index contributed by atoms with van der Waals surface area (Å²) in [7, 11) is 5.01. The average Bonchev–Trinajstić information content (AvgIpc) is 2.39. The number of amides is 1. The predicted molar refractivity (Wildman–Crippen MR) is 72.6 cm³/mol. The molecule has 0 saturated heterocycles. The number of hydrogen-bond donors (Lipinski definition) is 1. The Kier molecular flexibility index (Phi) is 6.29. The molecule has 4 nitrogen and oxygen atoms in total. The van der Waals surface area contributed by atoms with E-state index in [0.29, 0.717) is 13.0 Å². The van der Waals surface area contributed by atoms with Gasteiger partial charge < -0.3 is 15.0 Å². The smallest absolute Gasteiger partial charge is 0.222 e. The highest BCUT2D eigenvalue weighted by molar-refractivity contribution is 5.75. The van der Waals surface area contributed by atoms with E-state index in [4.69, 9.17) is 4.74 Å². The van der Waals surface area contributed by atoms with Gasteiger partial charge in [0.1, 0.15) is 0 Å². The predicted octanol–water partition coefficient (Wildman–Crippen LogP) is 1.79. The molecule has 0 radical (unpaired) electrons. The quantitative estimate of drug-likeness (QED) is 0.767. The molecule has 0 aliphatic rings. The van der Waals surface area contributed by atoms with E-state index < -0.39 is 5.82 Å². The zero-order chi connectivity index (χ0) is 14.3. The molecule has 0 heterocycles. The Labute approximate surface area is 113 Å². The Morgan fingerprint density at radius 2 is 2.21 bits per heavy atom. The standard InChI is InChI=1S/C14H21FN2O2/c1-16-8-4-5-14(18)17(2)10-11-6-7-13(19-3)12(15)9-11/h6-7,9,16H,4-5,8,10H2,1-3H3. The van der Waals surface area contributed by atoms with Crippen molar-refractivity contribution in [3.05, 3.63) is 29.6 Å². The summed E-state index contributed by atoms with van der Waals surface area (Å²) in [5.41, 5.74) is 0.753. The maximum atomic E-state index is 13.5. The molecule has 0 spiro atoms. The fourth-order valence-electron chi connectivity index (χ4n) is 1.78. The molecular weight excluding hydrogens is 247 g/mol. The monoisotopic (exact) mass is 268 g/mol. The van der Waals surface area contributed by atoms with Crippen LogP contribution in [0.2, 0.25) is 0 Å². The largest absolute Gasteiger partial charge is 0.494 e. The van der Waals surface area contributed by atoms with Crippen LogP contribution in [-0.4, -0.2) is 38.6 Å². The summed E-state index contributed by atoms with van der Waals surface area (Å²) in [5, 5.41) is 3.00. The Balaban J connectivity index is 2.54. The molecule has 1 N–H and O–H groups in total. The van der Waals surface area contributed by atoms with Gasteiger partial charge in [0.2, 0.25) is 5.91 Å². The fraction of sp³-hybridized carbons (Fsp3) is 0.500. The summed E-state index contributed by atoms with van der Waals surface area (Å²) in [6.45, 7) is 1.22. The van der Waals surface area contributed by atoms with Crippen LogP contribution in [0.4, 0.5) is 4.39 Å². The first kappa shape index (κ1) is 15.4. The van der Waals surface area contributed by atoms with Crippen molar-refractivity contribution in [1.29, 1.82) is 0 Å². The summed E-state index contributed by atoms with van der Waals surface area (Å²) in [5.74, 6) is -0.130. The lowest BCUT2D eigenvalue weighted by Gasteiger charge is -2.17. The maximum Gasteiger partial charge on any atom is 0.222 e. The molecule has 1 amide bonds. The topological polar surface area (TPSA) is 41.6 Å². The zero-order valence-corrected chi connectivity index (χ0v) is 11.7. The van der Waals surface area contributed by atoms with Gasteiger partial charge >= 0.3 is 0 Å². The van der Waals surface area contributed by atoms with E-state index >= 15 is 0 Å². The van der Waals surface area contributed by atoms with Crippen LogP contribution in [0.5, 0.6) is 5.75 Å². The minimum atomic E-state index is -0.406. The average molecular weight is 268 g/mol. The Morgan fingerprint density at radius 3 is 2.79 bits per heavy atom. The third-order valence-corrected chi connectivity index (χ3v) is 2.88. The molecule has 106 valence electrons. The number of nitrogens with zero attached hydrogens (tertiary/aromatic N) is 1. The second-order valence-electron chi connectivity index (χ2n) is 4.43. The summed E-state index contributed by atoms with van der Waals surface area (Å²) in [6, 6.07) is 4.74. The number of ether oxygens (including phenoxy) is 1. The third-order valence-electron chi connectivity index (χ3n) is 2.88. The van der Waals surface area contributed by atoms with Crippen LogP contribution < -0.4 is 10.1 Å². The molecule has 0 atom stereocenters. The molecule has 0 unspecified atom stereocenters. The second-order valence-corrected chi connectivity index (χ2v) is 4.43. The Hall–Kier alpha value is -1.62. The van der Waals surface area contributed by atoms with E-state index in [2.05, 4.69) is 5.32 Å². The molecule has 0 aliphatic heterocycles. The van der Waals surface area contributed by atoms with Gasteiger partial charge in [-0.05, 0) is 37.7 Å². The van der Waals surface area contributed by atoms with E-state index in [1.807, 2.05) is 7.05 Å². The molecule has 1 rings (SSSR count). The van der Waals surface area contributed by atoms with Crippen molar-refractivity contribution < 1.29 is 13.9 Å². The Morgan fingerprint density at radius 1 is 1.47 bits per heavy atom. The first-order chi connectivity index (χ1) is 9.08. The maximum absolute atomic E-state index is 13.5. The van der Waals surface area contributed by atoms with Crippen molar-refractivity contribution in [3.8, 4) is 5.75 Å². The number of carbonyl (C=O) groups is 1. The highest BCUT2D eigenvalue weighted by Crippen LogP contribution is 2.18. The van der Waals surface area contributed by atoms with Crippen LogP contribution in [0.3, 0.4) is 0 Å². The molecular formula is C14H21FN2O2. The van der Waals surface area contributed by atoms with Crippen LogP contribution >= 0.6 is 0 Å². The first-order valence-electron chi connectivity index (χ1n) is 6.29. The van der Waals surface area contributed by atoms with Crippen molar-refractivity contribution in [1.82, 2.24) is 10.2 Å². The fourth-order valence-corrected chi connectivity index (χ4v) is 1.78. The van der Waals surface area contributed by atoms with Crippen LogP contribution in [0.1, 0.15) is 18.4 Å². The molecule has 0 fully saturated rings. The van der Waals surface area contributed by atoms with Crippen molar-refractivity contribution in [2.45, 2.75) is 19.4 Å². The minimum absolute atomic E-state index is 0.0616. The number of hydrogen-bond acceptors (Lipinski definition) is 3.